The molecule has 0 fully saturated rings. The van der Waals surface area contributed by atoms with Crippen LogP contribution in [-0.2, 0) is 6.54 Å². The van der Waals surface area contributed by atoms with Gasteiger partial charge in [0, 0.05) is 5.56 Å². The molecule has 0 bridgehead atoms. The van der Waals surface area contributed by atoms with Crippen molar-refractivity contribution in [2.24, 2.45) is 10.2 Å². The number of rotatable bonds is 4. The molecule has 4 heteroatoms. The Bertz CT molecular complexity index is 520. The monoisotopic (exact) mass is 238 g/mol. The molecule has 18 heavy (non-hydrogen) atoms. The number of nitrogens with zero attached hydrogens (tertiary/aromatic N) is 2. The highest BCUT2D eigenvalue weighted by atomic mass is 15.3. The van der Waals surface area contributed by atoms with Crippen LogP contribution in [0.2, 0.25) is 0 Å². The predicted molar refractivity (Wildman–Crippen MR) is 71.4 cm³/mol. The molecule has 0 aromatic heterocycles. The summed E-state index contributed by atoms with van der Waals surface area (Å²) in [4.78, 5) is 0. The van der Waals surface area contributed by atoms with Gasteiger partial charge >= 0.3 is 0 Å². The first-order valence-electron chi connectivity index (χ1n) is 5.67. The average molecular weight is 238 g/mol. The van der Waals surface area contributed by atoms with Crippen molar-refractivity contribution in [3.8, 4) is 0 Å². The Hall–Kier alpha value is -2.49. The Labute approximate surface area is 106 Å². The zero-order valence-electron chi connectivity index (χ0n) is 9.88. The molecule has 90 valence electrons. The molecule has 0 aliphatic carbocycles. The van der Waals surface area contributed by atoms with Gasteiger partial charge in [-0.2, -0.15) is 5.10 Å². The van der Waals surface area contributed by atoms with E-state index < -0.39 is 0 Å². The van der Waals surface area contributed by atoms with Gasteiger partial charge in [-0.15, -0.1) is 5.11 Å². The van der Waals surface area contributed by atoms with Gasteiger partial charge in [-0.1, -0.05) is 60.7 Å². The standard InChI is InChI=1S/C14H14N4/c15-17-14(13-9-5-2-6-10-13)18-16-11-12-7-3-1-4-8-12/h1-10,15-16H,11H2/b17-15?,18-14-. The molecule has 0 atom stereocenters. The number of amidine groups is 1. The average Bonchev–Trinajstić information content (AvgIpc) is 2.46. The highest BCUT2D eigenvalue weighted by molar-refractivity contribution is 5.98. The molecule has 0 saturated carbocycles. The normalized spacial score (nSPS) is 11.0. The molecule has 2 aromatic rings. The van der Waals surface area contributed by atoms with Gasteiger partial charge in [0.1, 0.15) is 0 Å². The number of hydrogen-bond donors (Lipinski definition) is 2. The van der Waals surface area contributed by atoms with Gasteiger partial charge in [0.05, 0.1) is 6.54 Å². The van der Waals surface area contributed by atoms with Crippen LogP contribution in [0.3, 0.4) is 0 Å². The van der Waals surface area contributed by atoms with Gasteiger partial charge in [-0.3, -0.25) is 0 Å². The second-order valence-corrected chi connectivity index (χ2v) is 3.73. The fraction of sp³-hybridized carbons (Fsp3) is 0.0714. The maximum atomic E-state index is 7.13. The smallest absolute Gasteiger partial charge is 0.200 e. The number of nitrogens with one attached hydrogen (secondary N) is 2. The van der Waals surface area contributed by atoms with Crippen LogP contribution < -0.4 is 5.43 Å². The van der Waals surface area contributed by atoms with Crippen LogP contribution in [0.25, 0.3) is 0 Å². The van der Waals surface area contributed by atoms with E-state index in [-0.39, 0.29) is 0 Å². The number of benzene rings is 2. The lowest BCUT2D eigenvalue weighted by molar-refractivity contribution is 0.741. The lowest BCUT2D eigenvalue weighted by Gasteiger charge is -2.02. The van der Waals surface area contributed by atoms with Crippen LogP contribution in [0.1, 0.15) is 11.1 Å². The predicted octanol–water partition coefficient (Wildman–Crippen LogP) is 3.17. The summed E-state index contributed by atoms with van der Waals surface area (Å²) in [6.45, 7) is 0.618. The summed E-state index contributed by atoms with van der Waals surface area (Å²) in [6.07, 6.45) is 0. The molecule has 0 heterocycles. The maximum Gasteiger partial charge on any atom is 0.200 e. The first-order chi connectivity index (χ1) is 8.90. The Kier molecular flexibility index (Phi) is 4.19. The minimum absolute atomic E-state index is 0.381. The molecule has 2 N–H and O–H groups in total. The zero-order valence-corrected chi connectivity index (χ0v) is 9.88. The van der Waals surface area contributed by atoms with Gasteiger partial charge < -0.3 is 5.43 Å². The molecule has 0 aliphatic heterocycles. The SMILES string of the molecule is N=N/C(=N\NCc1ccccc1)c1ccccc1. The summed E-state index contributed by atoms with van der Waals surface area (Å²) in [5, 5.41) is 7.55. The van der Waals surface area contributed by atoms with E-state index in [4.69, 9.17) is 5.53 Å². The first-order valence-corrected chi connectivity index (χ1v) is 5.67. The van der Waals surface area contributed by atoms with E-state index in [1.54, 1.807) is 0 Å². The minimum atomic E-state index is 0.381. The lowest BCUT2D eigenvalue weighted by Crippen LogP contribution is -2.09. The largest absolute Gasteiger partial charge is 0.303 e. The third-order valence-electron chi connectivity index (χ3n) is 2.45. The summed E-state index contributed by atoms with van der Waals surface area (Å²) in [5.41, 5.74) is 12.0. The second-order valence-electron chi connectivity index (χ2n) is 3.73. The van der Waals surface area contributed by atoms with E-state index in [2.05, 4.69) is 15.6 Å². The van der Waals surface area contributed by atoms with Gasteiger partial charge in [0.15, 0.2) is 5.84 Å². The van der Waals surface area contributed by atoms with Crippen molar-refractivity contribution >= 4 is 5.84 Å². The molecule has 2 rings (SSSR count). The molecule has 0 saturated heterocycles. The molecule has 4 nitrogen and oxygen atoms in total. The van der Waals surface area contributed by atoms with E-state index in [0.717, 1.165) is 11.1 Å². The van der Waals surface area contributed by atoms with Crippen molar-refractivity contribution in [3.63, 3.8) is 0 Å². The van der Waals surface area contributed by atoms with Crippen LogP contribution in [0.5, 0.6) is 0 Å². The number of hydrazone groups is 1. The molecule has 0 radical (unpaired) electrons. The summed E-state index contributed by atoms with van der Waals surface area (Å²) in [7, 11) is 0. The Morgan fingerprint density at radius 3 is 2.17 bits per heavy atom. The molecule has 0 aliphatic rings. The lowest BCUT2D eigenvalue weighted by atomic mass is 10.2. The fourth-order valence-corrected chi connectivity index (χ4v) is 1.54. The van der Waals surface area contributed by atoms with Crippen LogP contribution in [0.15, 0.2) is 70.9 Å². The zero-order chi connectivity index (χ0) is 12.6. The quantitative estimate of drug-likeness (QED) is 0.365. The van der Waals surface area contributed by atoms with Crippen molar-refractivity contribution < 1.29 is 0 Å². The number of hydrogen-bond acceptors (Lipinski definition) is 3. The van der Waals surface area contributed by atoms with Crippen LogP contribution in [0, 0.1) is 5.53 Å². The summed E-state index contributed by atoms with van der Waals surface area (Å²) in [5.74, 6) is 0.381. The van der Waals surface area contributed by atoms with E-state index in [1.807, 2.05) is 60.7 Å². The molecule has 0 spiro atoms. The minimum Gasteiger partial charge on any atom is -0.303 e. The van der Waals surface area contributed by atoms with E-state index in [1.165, 1.54) is 0 Å². The van der Waals surface area contributed by atoms with Gasteiger partial charge in [0.2, 0.25) is 0 Å². The first kappa shape index (κ1) is 12.0. The Balaban J connectivity index is 2.01. The van der Waals surface area contributed by atoms with Crippen molar-refractivity contribution in [2.45, 2.75) is 6.54 Å². The van der Waals surface area contributed by atoms with Crippen molar-refractivity contribution in [1.29, 1.82) is 5.53 Å². The Morgan fingerprint density at radius 1 is 0.944 bits per heavy atom. The van der Waals surface area contributed by atoms with E-state index >= 15 is 0 Å². The highest BCUT2D eigenvalue weighted by Gasteiger charge is 1.99. The summed E-state index contributed by atoms with van der Waals surface area (Å²) >= 11 is 0. The van der Waals surface area contributed by atoms with Gasteiger partial charge in [-0.25, -0.2) is 5.53 Å². The summed E-state index contributed by atoms with van der Waals surface area (Å²) < 4.78 is 0. The van der Waals surface area contributed by atoms with Crippen LogP contribution in [0.4, 0.5) is 0 Å². The third kappa shape index (κ3) is 3.25. The third-order valence-corrected chi connectivity index (χ3v) is 2.45. The second kappa shape index (κ2) is 6.30. The molecular weight excluding hydrogens is 224 g/mol. The van der Waals surface area contributed by atoms with E-state index in [9.17, 15) is 0 Å². The topological polar surface area (TPSA) is 60.6 Å². The molecule has 0 unspecified atom stereocenters. The molecule has 0 amide bonds. The molecule has 2 aromatic carbocycles. The van der Waals surface area contributed by atoms with Crippen LogP contribution in [-0.4, -0.2) is 5.84 Å². The van der Waals surface area contributed by atoms with Gasteiger partial charge in [-0.05, 0) is 5.56 Å². The fourth-order valence-electron chi connectivity index (χ4n) is 1.54. The maximum absolute atomic E-state index is 7.13. The van der Waals surface area contributed by atoms with Gasteiger partial charge in [0.25, 0.3) is 0 Å². The Morgan fingerprint density at radius 2 is 1.56 bits per heavy atom. The van der Waals surface area contributed by atoms with Crippen molar-refractivity contribution in [2.75, 3.05) is 0 Å². The summed E-state index contributed by atoms with van der Waals surface area (Å²) in [6, 6.07) is 19.4. The van der Waals surface area contributed by atoms with E-state index in [0.29, 0.717) is 12.4 Å². The van der Waals surface area contributed by atoms with Crippen molar-refractivity contribution in [1.82, 2.24) is 5.43 Å². The molecular formula is C14H14N4. The van der Waals surface area contributed by atoms with Crippen molar-refractivity contribution in [3.05, 3.63) is 71.8 Å². The van der Waals surface area contributed by atoms with Crippen LogP contribution >= 0.6 is 0 Å². The highest BCUT2D eigenvalue weighted by Crippen LogP contribution is 2.02.